The highest BCUT2D eigenvalue weighted by molar-refractivity contribution is 5.89. The first kappa shape index (κ1) is 14.0. The number of nitrogens with zero attached hydrogens (tertiary/aromatic N) is 4. The van der Waals surface area contributed by atoms with Crippen molar-refractivity contribution in [3.63, 3.8) is 0 Å². The number of carbonyl (C=O) groups is 1. The zero-order valence-corrected chi connectivity index (χ0v) is 12.1. The average Bonchev–Trinajstić information content (AvgIpc) is 3.15. The molecule has 3 aromatic rings. The minimum absolute atomic E-state index is 0.136. The number of hydrogen-bond donors (Lipinski definition) is 1. The van der Waals surface area contributed by atoms with E-state index in [1.165, 1.54) is 0 Å². The molecule has 1 N–H and O–H groups in total. The predicted octanol–water partition coefficient (Wildman–Crippen LogP) is 2.27. The van der Waals surface area contributed by atoms with Crippen molar-refractivity contribution in [2.75, 3.05) is 5.32 Å². The van der Waals surface area contributed by atoms with E-state index in [0.29, 0.717) is 24.5 Å². The molecule has 0 spiro atoms. The van der Waals surface area contributed by atoms with Gasteiger partial charge in [-0.1, -0.05) is 11.2 Å². The molecule has 0 fully saturated rings. The van der Waals surface area contributed by atoms with Crippen molar-refractivity contribution in [3.8, 4) is 11.4 Å². The normalized spacial score (nSPS) is 10.6. The number of nitrogens with one attached hydrogen (secondary N) is 1. The van der Waals surface area contributed by atoms with Crippen molar-refractivity contribution in [1.29, 1.82) is 0 Å². The Morgan fingerprint density at radius 2 is 2.23 bits per heavy atom. The standard InChI is InChI=1S/C15H15N5O2/c1-11-10-14(19-22-11)17-15(21)6-9-20-8-5-13(18-20)12-4-2-3-7-16-12/h2-5,7-8,10H,6,9H2,1H3,(H,17,19,21). The zero-order valence-electron chi connectivity index (χ0n) is 12.1. The van der Waals surface area contributed by atoms with Crippen molar-refractivity contribution in [1.82, 2.24) is 19.9 Å². The van der Waals surface area contributed by atoms with Gasteiger partial charge in [-0.2, -0.15) is 5.10 Å². The fourth-order valence-electron chi connectivity index (χ4n) is 1.98. The molecule has 0 saturated heterocycles. The molecular formula is C15H15N5O2. The van der Waals surface area contributed by atoms with Gasteiger partial charge in [-0.05, 0) is 25.1 Å². The number of rotatable bonds is 5. The molecule has 7 heteroatoms. The van der Waals surface area contributed by atoms with Crippen LogP contribution in [0.25, 0.3) is 11.4 Å². The van der Waals surface area contributed by atoms with Gasteiger partial charge in [0.15, 0.2) is 5.82 Å². The molecule has 0 aromatic carbocycles. The molecule has 0 aliphatic carbocycles. The lowest BCUT2D eigenvalue weighted by molar-refractivity contribution is -0.116. The van der Waals surface area contributed by atoms with Gasteiger partial charge in [0.1, 0.15) is 11.5 Å². The molecule has 0 aliphatic heterocycles. The predicted molar refractivity (Wildman–Crippen MR) is 79.9 cm³/mol. The maximum atomic E-state index is 11.8. The van der Waals surface area contributed by atoms with E-state index in [1.54, 1.807) is 23.9 Å². The van der Waals surface area contributed by atoms with Gasteiger partial charge in [-0.15, -0.1) is 0 Å². The Balaban J connectivity index is 1.56. The second-order valence-electron chi connectivity index (χ2n) is 4.80. The summed E-state index contributed by atoms with van der Waals surface area (Å²) in [5.41, 5.74) is 1.59. The van der Waals surface area contributed by atoms with Crippen molar-refractivity contribution in [2.24, 2.45) is 0 Å². The summed E-state index contributed by atoms with van der Waals surface area (Å²) in [7, 11) is 0. The average molecular weight is 297 g/mol. The molecule has 1 amide bonds. The second kappa shape index (κ2) is 6.21. The van der Waals surface area contributed by atoms with Crippen LogP contribution in [0.1, 0.15) is 12.2 Å². The number of anilines is 1. The van der Waals surface area contributed by atoms with Crippen LogP contribution in [0.3, 0.4) is 0 Å². The van der Waals surface area contributed by atoms with Crippen molar-refractivity contribution in [3.05, 3.63) is 48.5 Å². The summed E-state index contributed by atoms with van der Waals surface area (Å²) in [4.78, 5) is 16.1. The Labute approximate surface area is 127 Å². The number of aryl methyl sites for hydroxylation is 2. The van der Waals surface area contributed by atoms with Gasteiger partial charge in [-0.3, -0.25) is 14.5 Å². The molecule has 3 rings (SSSR count). The van der Waals surface area contributed by atoms with E-state index in [2.05, 4.69) is 20.6 Å². The molecule has 0 aliphatic rings. The lowest BCUT2D eigenvalue weighted by Gasteiger charge is -2.02. The fraction of sp³-hybridized carbons (Fsp3) is 0.200. The Hall–Kier alpha value is -2.96. The summed E-state index contributed by atoms with van der Waals surface area (Å²) in [6.45, 7) is 2.25. The fourth-order valence-corrected chi connectivity index (χ4v) is 1.98. The quantitative estimate of drug-likeness (QED) is 0.780. The lowest BCUT2D eigenvalue weighted by atomic mass is 10.3. The lowest BCUT2D eigenvalue weighted by Crippen LogP contribution is -2.14. The molecular weight excluding hydrogens is 282 g/mol. The highest BCUT2D eigenvalue weighted by Gasteiger charge is 2.08. The van der Waals surface area contributed by atoms with Crippen LogP contribution in [0.4, 0.5) is 5.82 Å². The molecule has 3 aromatic heterocycles. The Kier molecular flexibility index (Phi) is 3.95. The van der Waals surface area contributed by atoms with Gasteiger partial charge >= 0.3 is 0 Å². The first-order valence-corrected chi connectivity index (χ1v) is 6.89. The van der Waals surface area contributed by atoms with Crippen LogP contribution >= 0.6 is 0 Å². The van der Waals surface area contributed by atoms with Gasteiger partial charge in [0.05, 0.1) is 5.69 Å². The maximum Gasteiger partial charge on any atom is 0.227 e. The third kappa shape index (κ3) is 3.38. The molecule has 7 nitrogen and oxygen atoms in total. The number of amides is 1. The third-order valence-electron chi connectivity index (χ3n) is 3.03. The van der Waals surface area contributed by atoms with Crippen molar-refractivity contribution in [2.45, 2.75) is 19.9 Å². The van der Waals surface area contributed by atoms with Gasteiger partial charge < -0.3 is 9.84 Å². The molecule has 112 valence electrons. The SMILES string of the molecule is Cc1cc(NC(=O)CCn2ccc(-c3ccccn3)n2)no1. The molecule has 0 unspecified atom stereocenters. The molecule has 3 heterocycles. The van der Waals surface area contributed by atoms with E-state index in [1.807, 2.05) is 30.5 Å². The number of aromatic nitrogens is 4. The Morgan fingerprint density at radius 1 is 1.32 bits per heavy atom. The number of pyridine rings is 1. The number of hydrogen-bond acceptors (Lipinski definition) is 5. The summed E-state index contributed by atoms with van der Waals surface area (Å²) in [5.74, 6) is 0.947. The third-order valence-corrected chi connectivity index (χ3v) is 3.03. The smallest absolute Gasteiger partial charge is 0.227 e. The maximum absolute atomic E-state index is 11.8. The summed E-state index contributed by atoms with van der Waals surface area (Å²) < 4.78 is 6.61. The molecule has 0 atom stereocenters. The minimum Gasteiger partial charge on any atom is -0.360 e. The highest BCUT2D eigenvalue weighted by Crippen LogP contribution is 2.13. The highest BCUT2D eigenvalue weighted by atomic mass is 16.5. The Bertz CT molecular complexity index is 763. The second-order valence-corrected chi connectivity index (χ2v) is 4.80. The molecule has 0 saturated carbocycles. The molecule has 0 radical (unpaired) electrons. The van der Waals surface area contributed by atoms with E-state index in [4.69, 9.17) is 4.52 Å². The first-order chi connectivity index (χ1) is 10.7. The number of carbonyl (C=O) groups excluding carboxylic acids is 1. The van der Waals surface area contributed by atoms with E-state index in [9.17, 15) is 4.79 Å². The Morgan fingerprint density at radius 3 is 2.95 bits per heavy atom. The van der Waals surface area contributed by atoms with Crippen LogP contribution < -0.4 is 5.32 Å². The minimum atomic E-state index is -0.136. The summed E-state index contributed by atoms with van der Waals surface area (Å²) in [6.07, 6.45) is 3.86. The van der Waals surface area contributed by atoms with E-state index >= 15 is 0 Å². The van der Waals surface area contributed by atoms with Crippen LogP contribution in [-0.4, -0.2) is 25.8 Å². The zero-order chi connectivity index (χ0) is 15.4. The summed E-state index contributed by atoms with van der Waals surface area (Å²) in [6, 6.07) is 9.21. The van der Waals surface area contributed by atoms with Gasteiger partial charge in [-0.25, -0.2) is 0 Å². The van der Waals surface area contributed by atoms with E-state index in [-0.39, 0.29) is 5.91 Å². The van der Waals surface area contributed by atoms with Crippen molar-refractivity contribution >= 4 is 11.7 Å². The van der Waals surface area contributed by atoms with E-state index in [0.717, 1.165) is 11.4 Å². The summed E-state index contributed by atoms with van der Waals surface area (Å²) >= 11 is 0. The van der Waals surface area contributed by atoms with Crippen LogP contribution in [0.2, 0.25) is 0 Å². The van der Waals surface area contributed by atoms with Crippen molar-refractivity contribution < 1.29 is 9.32 Å². The van der Waals surface area contributed by atoms with Gasteiger partial charge in [0, 0.05) is 31.4 Å². The monoisotopic (exact) mass is 297 g/mol. The topological polar surface area (TPSA) is 85.8 Å². The molecule has 22 heavy (non-hydrogen) atoms. The van der Waals surface area contributed by atoms with Gasteiger partial charge in [0.25, 0.3) is 0 Å². The summed E-state index contributed by atoms with van der Waals surface area (Å²) in [5, 5.41) is 10.8. The first-order valence-electron chi connectivity index (χ1n) is 6.89. The van der Waals surface area contributed by atoms with Crippen LogP contribution in [-0.2, 0) is 11.3 Å². The largest absolute Gasteiger partial charge is 0.360 e. The van der Waals surface area contributed by atoms with Gasteiger partial charge in [0.2, 0.25) is 5.91 Å². The van der Waals surface area contributed by atoms with Crippen LogP contribution in [0.15, 0.2) is 47.2 Å². The van der Waals surface area contributed by atoms with Crippen LogP contribution in [0.5, 0.6) is 0 Å². The van der Waals surface area contributed by atoms with Crippen LogP contribution in [0, 0.1) is 6.92 Å². The van der Waals surface area contributed by atoms with E-state index < -0.39 is 0 Å². The molecule has 0 bridgehead atoms.